The zero-order valence-electron chi connectivity index (χ0n) is 15.7. The Morgan fingerprint density at radius 1 is 1.21 bits per heavy atom. The van der Waals surface area contributed by atoms with Crippen LogP contribution < -0.4 is 5.32 Å². The molecule has 8 heteroatoms. The molecule has 1 aromatic heterocycles. The summed E-state index contributed by atoms with van der Waals surface area (Å²) in [7, 11) is 1.71. The summed E-state index contributed by atoms with van der Waals surface area (Å²) < 4.78 is 14.0. The number of amides is 1. The Labute approximate surface area is 172 Å². The monoisotopic (exact) mass is 416 g/mol. The topological polar surface area (TPSA) is 58.1 Å². The van der Waals surface area contributed by atoms with Crippen LogP contribution in [0, 0.1) is 5.82 Å². The second-order valence-electron chi connectivity index (χ2n) is 6.18. The molecular formula is C20H21FN4OS2. The largest absolute Gasteiger partial charge is 0.341 e. The molecule has 0 aliphatic heterocycles. The number of nitrogens with zero attached hydrogens (tertiary/aromatic N) is 3. The Morgan fingerprint density at radius 3 is 2.82 bits per heavy atom. The lowest BCUT2D eigenvalue weighted by Crippen LogP contribution is -2.27. The second-order valence-corrected chi connectivity index (χ2v) is 8.38. The Balaban J connectivity index is 1.53. The predicted octanol–water partition coefficient (Wildman–Crippen LogP) is 4.73. The molecule has 0 saturated heterocycles. The van der Waals surface area contributed by atoms with E-state index in [-0.39, 0.29) is 17.5 Å². The van der Waals surface area contributed by atoms with E-state index in [0.29, 0.717) is 11.7 Å². The van der Waals surface area contributed by atoms with E-state index in [1.54, 1.807) is 24.1 Å². The van der Waals surface area contributed by atoms with Crippen LogP contribution in [0.2, 0.25) is 0 Å². The van der Waals surface area contributed by atoms with Crippen molar-refractivity contribution in [1.29, 1.82) is 0 Å². The molecule has 28 heavy (non-hydrogen) atoms. The van der Waals surface area contributed by atoms with Crippen molar-refractivity contribution in [1.82, 2.24) is 15.1 Å². The predicted molar refractivity (Wildman–Crippen MR) is 113 cm³/mol. The molecule has 3 aromatic rings. The molecule has 0 saturated carbocycles. The summed E-state index contributed by atoms with van der Waals surface area (Å²) in [6.07, 6.45) is 0.926. The molecule has 0 fully saturated rings. The first-order valence-corrected chi connectivity index (χ1v) is 10.6. The summed E-state index contributed by atoms with van der Waals surface area (Å²) in [6.45, 7) is 2.47. The van der Waals surface area contributed by atoms with Gasteiger partial charge in [0.2, 0.25) is 11.0 Å². The molecule has 0 aliphatic rings. The summed E-state index contributed by atoms with van der Waals surface area (Å²) in [4.78, 5) is 13.9. The van der Waals surface area contributed by atoms with E-state index in [1.807, 2.05) is 18.2 Å². The van der Waals surface area contributed by atoms with Gasteiger partial charge in [-0.15, -0.1) is 10.2 Å². The SMILES string of the molecule is CCc1ccccc1Nc1nnc(SCC(=O)N(C)Cc2cccc(F)c2)s1. The first-order chi connectivity index (χ1) is 13.5. The van der Waals surface area contributed by atoms with E-state index >= 15 is 0 Å². The molecule has 1 N–H and O–H groups in total. The number of halogens is 1. The average Bonchev–Trinajstić information content (AvgIpc) is 3.14. The maximum absolute atomic E-state index is 13.3. The smallest absolute Gasteiger partial charge is 0.233 e. The maximum atomic E-state index is 13.3. The highest BCUT2D eigenvalue weighted by molar-refractivity contribution is 8.01. The van der Waals surface area contributed by atoms with Gasteiger partial charge in [-0.2, -0.15) is 0 Å². The number of hydrogen-bond acceptors (Lipinski definition) is 6. The lowest BCUT2D eigenvalue weighted by Gasteiger charge is -2.16. The molecule has 0 bridgehead atoms. The number of benzene rings is 2. The average molecular weight is 417 g/mol. The van der Waals surface area contributed by atoms with Gasteiger partial charge >= 0.3 is 0 Å². The third-order valence-corrected chi connectivity index (χ3v) is 6.06. The van der Waals surface area contributed by atoms with Gasteiger partial charge in [-0.25, -0.2) is 4.39 Å². The van der Waals surface area contributed by atoms with Gasteiger partial charge in [-0.3, -0.25) is 4.79 Å². The van der Waals surface area contributed by atoms with Gasteiger partial charge in [0.15, 0.2) is 4.34 Å². The van der Waals surface area contributed by atoms with Gasteiger partial charge in [0, 0.05) is 19.3 Å². The van der Waals surface area contributed by atoms with Crippen LogP contribution in [0.1, 0.15) is 18.1 Å². The number of aromatic nitrogens is 2. The van der Waals surface area contributed by atoms with Crippen LogP contribution in [-0.4, -0.2) is 33.8 Å². The van der Waals surface area contributed by atoms with Crippen molar-refractivity contribution in [3.63, 3.8) is 0 Å². The summed E-state index contributed by atoms with van der Waals surface area (Å²) in [5.41, 5.74) is 2.99. The molecule has 0 atom stereocenters. The van der Waals surface area contributed by atoms with Crippen molar-refractivity contribution in [3.05, 3.63) is 65.5 Å². The van der Waals surface area contributed by atoms with Gasteiger partial charge in [0.1, 0.15) is 5.82 Å². The zero-order valence-corrected chi connectivity index (χ0v) is 17.3. The normalized spacial score (nSPS) is 10.7. The van der Waals surface area contributed by atoms with Crippen molar-refractivity contribution in [2.75, 3.05) is 18.1 Å². The van der Waals surface area contributed by atoms with Crippen LogP contribution in [0.4, 0.5) is 15.2 Å². The van der Waals surface area contributed by atoms with Crippen molar-refractivity contribution in [3.8, 4) is 0 Å². The van der Waals surface area contributed by atoms with Gasteiger partial charge in [-0.1, -0.05) is 60.4 Å². The third-order valence-electron chi connectivity index (χ3n) is 4.10. The van der Waals surface area contributed by atoms with Crippen molar-refractivity contribution in [2.45, 2.75) is 24.2 Å². The first kappa shape index (κ1) is 20.3. The molecule has 3 rings (SSSR count). The first-order valence-electron chi connectivity index (χ1n) is 8.84. The highest BCUT2D eigenvalue weighted by atomic mass is 32.2. The fourth-order valence-corrected chi connectivity index (χ4v) is 4.32. The quantitative estimate of drug-likeness (QED) is 0.538. The molecule has 0 radical (unpaired) electrons. The Bertz CT molecular complexity index is 947. The van der Waals surface area contributed by atoms with E-state index in [1.165, 1.54) is 40.8 Å². The van der Waals surface area contributed by atoms with Crippen molar-refractivity contribution in [2.24, 2.45) is 0 Å². The van der Waals surface area contributed by atoms with Gasteiger partial charge < -0.3 is 10.2 Å². The summed E-state index contributed by atoms with van der Waals surface area (Å²) in [6, 6.07) is 14.3. The van der Waals surface area contributed by atoms with Crippen LogP contribution in [0.3, 0.4) is 0 Å². The molecule has 146 valence electrons. The minimum absolute atomic E-state index is 0.0460. The highest BCUT2D eigenvalue weighted by Gasteiger charge is 2.13. The standard InChI is InChI=1S/C20H21FN4OS2/c1-3-15-8-4-5-10-17(15)22-19-23-24-20(28-19)27-13-18(26)25(2)12-14-7-6-9-16(21)11-14/h4-11H,3,12-13H2,1-2H3,(H,22,23). The Morgan fingerprint density at radius 2 is 2.04 bits per heavy atom. The number of nitrogens with one attached hydrogen (secondary N) is 1. The van der Waals surface area contributed by atoms with E-state index in [4.69, 9.17) is 0 Å². The molecular weight excluding hydrogens is 395 g/mol. The molecule has 0 unspecified atom stereocenters. The number of anilines is 2. The van der Waals surface area contributed by atoms with E-state index in [2.05, 4.69) is 28.5 Å². The molecule has 1 amide bonds. The summed E-state index contributed by atoms with van der Waals surface area (Å²) in [5, 5.41) is 12.3. The minimum Gasteiger partial charge on any atom is -0.341 e. The minimum atomic E-state index is -0.300. The number of thioether (sulfide) groups is 1. The fourth-order valence-electron chi connectivity index (χ4n) is 2.62. The van der Waals surface area contributed by atoms with E-state index < -0.39 is 0 Å². The lowest BCUT2D eigenvalue weighted by molar-refractivity contribution is -0.127. The lowest BCUT2D eigenvalue weighted by atomic mass is 10.1. The van der Waals surface area contributed by atoms with Gasteiger partial charge in [-0.05, 0) is 35.7 Å². The number of aryl methyl sites for hydroxylation is 1. The number of para-hydroxylation sites is 1. The Hall–Kier alpha value is -2.45. The van der Waals surface area contributed by atoms with Crippen LogP contribution in [0.25, 0.3) is 0 Å². The molecule has 0 spiro atoms. The van der Waals surface area contributed by atoms with Crippen molar-refractivity contribution >= 4 is 39.8 Å². The zero-order chi connectivity index (χ0) is 19.9. The van der Waals surface area contributed by atoms with E-state index in [9.17, 15) is 9.18 Å². The molecule has 5 nitrogen and oxygen atoms in total. The number of carbonyl (C=O) groups is 1. The van der Waals surface area contributed by atoms with Gasteiger partial charge in [0.05, 0.1) is 5.75 Å². The fraction of sp³-hybridized carbons (Fsp3) is 0.250. The number of carbonyl (C=O) groups excluding carboxylic acids is 1. The summed E-state index contributed by atoms with van der Waals surface area (Å²) >= 11 is 2.77. The third kappa shape index (κ3) is 5.53. The highest BCUT2D eigenvalue weighted by Crippen LogP contribution is 2.29. The van der Waals surface area contributed by atoms with E-state index in [0.717, 1.165) is 22.0 Å². The number of hydrogen-bond donors (Lipinski definition) is 1. The summed E-state index contributed by atoms with van der Waals surface area (Å²) in [5.74, 6) is -0.0898. The van der Waals surface area contributed by atoms with Crippen LogP contribution in [0.5, 0.6) is 0 Å². The number of rotatable bonds is 8. The molecule has 0 aliphatic carbocycles. The Kier molecular flexibility index (Phi) is 7.00. The maximum Gasteiger partial charge on any atom is 0.233 e. The second kappa shape index (κ2) is 9.66. The van der Waals surface area contributed by atoms with Crippen LogP contribution in [0.15, 0.2) is 52.9 Å². The van der Waals surface area contributed by atoms with Gasteiger partial charge in [0.25, 0.3) is 0 Å². The van der Waals surface area contributed by atoms with Crippen molar-refractivity contribution < 1.29 is 9.18 Å². The molecule has 1 heterocycles. The van der Waals surface area contributed by atoms with Crippen LogP contribution in [-0.2, 0) is 17.8 Å². The van der Waals surface area contributed by atoms with Crippen LogP contribution >= 0.6 is 23.1 Å². The molecule has 2 aromatic carbocycles.